The van der Waals surface area contributed by atoms with Crippen molar-refractivity contribution in [3.05, 3.63) is 23.7 Å². The predicted molar refractivity (Wildman–Crippen MR) is 61.5 cm³/mol. The smallest absolute Gasteiger partial charge is 0.0832 e. The molecule has 2 nitrogen and oxygen atoms in total. The molecule has 0 fully saturated rings. The van der Waals surface area contributed by atoms with Crippen LogP contribution in [0, 0.1) is 0 Å². The maximum absolute atomic E-state index is 4.95. The number of nitrogens with one attached hydrogen (secondary N) is 1. The van der Waals surface area contributed by atoms with Crippen LogP contribution in [0.3, 0.4) is 0 Å². The van der Waals surface area contributed by atoms with Crippen molar-refractivity contribution in [2.24, 2.45) is 0 Å². The van der Waals surface area contributed by atoms with Crippen molar-refractivity contribution in [3.63, 3.8) is 0 Å². The van der Waals surface area contributed by atoms with Gasteiger partial charge in [-0.05, 0) is 25.1 Å². The molecule has 2 aromatic rings. The highest BCUT2D eigenvalue weighted by atomic mass is 32.1. The Balaban J connectivity index is 2.42. The van der Waals surface area contributed by atoms with Crippen LogP contribution in [-0.2, 0) is 0 Å². The summed E-state index contributed by atoms with van der Waals surface area (Å²) in [7, 11) is 0. The molecule has 1 aromatic carbocycles. The molecule has 4 heteroatoms. The Hall–Kier alpha value is -1.00. The van der Waals surface area contributed by atoms with E-state index in [0.717, 1.165) is 16.2 Å². The zero-order valence-corrected chi connectivity index (χ0v) is 8.71. The number of thiocarbonyl (C=S) groups is 1. The zero-order chi connectivity index (χ0) is 9.26. The number of hydrogen-bond donors (Lipinski definition) is 1. The molecular weight excluding hydrogens is 200 g/mol. The second kappa shape index (κ2) is 3.40. The fraction of sp³-hybridized carbons (Fsp3) is 0.111. The molecule has 0 aliphatic rings. The number of thiazole rings is 1. The molecule has 2 rings (SSSR count). The summed E-state index contributed by atoms with van der Waals surface area (Å²) in [6.45, 7) is 1.86. The van der Waals surface area contributed by atoms with E-state index >= 15 is 0 Å². The topological polar surface area (TPSA) is 24.9 Å². The molecule has 1 N–H and O–H groups in total. The SMILES string of the molecule is CC(=S)Nc1ccc2scnc2c1. The first-order valence-electron chi connectivity index (χ1n) is 3.86. The van der Waals surface area contributed by atoms with E-state index in [2.05, 4.69) is 10.3 Å². The van der Waals surface area contributed by atoms with Crippen LogP contribution in [0.25, 0.3) is 10.2 Å². The Bertz CT molecular complexity index is 448. The van der Waals surface area contributed by atoms with E-state index in [4.69, 9.17) is 12.2 Å². The molecule has 0 aliphatic carbocycles. The van der Waals surface area contributed by atoms with Crippen LogP contribution in [0.4, 0.5) is 5.69 Å². The summed E-state index contributed by atoms with van der Waals surface area (Å²) in [6.07, 6.45) is 0. The highest BCUT2D eigenvalue weighted by Gasteiger charge is 1.98. The molecule has 13 heavy (non-hydrogen) atoms. The van der Waals surface area contributed by atoms with E-state index < -0.39 is 0 Å². The molecule has 1 heterocycles. The lowest BCUT2D eigenvalue weighted by Gasteiger charge is -2.02. The number of nitrogens with zero attached hydrogens (tertiary/aromatic N) is 1. The maximum atomic E-state index is 4.95. The summed E-state index contributed by atoms with van der Waals surface area (Å²) in [5, 5.41) is 3.08. The quantitative estimate of drug-likeness (QED) is 0.729. The monoisotopic (exact) mass is 208 g/mol. The van der Waals surface area contributed by atoms with Crippen molar-refractivity contribution in [1.29, 1.82) is 0 Å². The van der Waals surface area contributed by atoms with E-state index in [-0.39, 0.29) is 0 Å². The minimum absolute atomic E-state index is 0.773. The lowest BCUT2D eigenvalue weighted by Crippen LogP contribution is -2.02. The van der Waals surface area contributed by atoms with Gasteiger partial charge >= 0.3 is 0 Å². The molecule has 0 aliphatic heterocycles. The van der Waals surface area contributed by atoms with Crippen LogP contribution in [0.15, 0.2) is 23.7 Å². The van der Waals surface area contributed by atoms with Gasteiger partial charge in [-0.2, -0.15) is 0 Å². The standard InChI is InChI=1S/C9H8N2S2/c1-6(12)11-7-2-3-9-8(4-7)10-5-13-9/h2-5H,1H3,(H,11,12). The largest absolute Gasteiger partial charge is 0.350 e. The number of fused-ring (bicyclic) bond motifs is 1. The summed E-state index contributed by atoms with van der Waals surface area (Å²) in [4.78, 5) is 4.99. The van der Waals surface area contributed by atoms with Gasteiger partial charge in [0.2, 0.25) is 0 Å². The van der Waals surface area contributed by atoms with Crippen molar-refractivity contribution < 1.29 is 0 Å². The van der Waals surface area contributed by atoms with Gasteiger partial charge < -0.3 is 5.32 Å². The fourth-order valence-corrected chi connectivity index (χ4v) is 1.92. The van der Waals surface area contributed by atoms with E-state index in [1.807, 2.05) is 30.6 Å². The minimum Gasteiger partial charge on any atom is -0.350 e. The molecule has 0 spiro atoms. The summed E-state index contributed by atoms with van der Waals surface area (Å²) >= 11 is 6.59. The number of aromatic nitrogens is 1. The van der Waals surface area contributed by atoms with E-state index in [0.29, 0.717) is 0 Å². The van der Waals surface area contributed by atoms with Gasteiger partial charge in [0.15, 0.2) is 0 Å². The Kier molecular flexibility index (Phi) is 2.24. The van der Waals surface area contributed by atoms with Crippen molar-refractivity contribution in [1.82, 2.24) is 4.98 Å². The van der Waals surface area contributed by atoms with Crippen molar-refractivity contribution >= 4 is 44.4 Å². The van der Waals surface area contributed by atoms with Crippen LogP contribution in [0.1, 0.15) is 6.92 Å². The first-order chi connectivity index (χ1) is 6.25. The molecule has 66 valence electrons. The van der Waals surface area contributed by atoms with Gasteiger partial charge in [-0.1, -0.05) is 12.2 Å². The number of hydrogen-bond acceptors (Lipinski definition) is 3. The maximum Gasteiger partial charge on any atom is 0.0832 e. The van der Waals surface area contributed by atoms with Gasteiger partial charge in [0.1, 0.15) is 0 Å². The van der Waals surface area contributed by atoms with Crippen LogP contribution in [0.5, 0.6) is 0 Å². The van der Waals surface area contributed by atoms with Gasteiger partial charge in [0, 0.05) is 5.69 Å². The van der Waals surface area contributed by atoms with E-state index in [9.17, 15) is 0 Å². The highest BCUT2D eigenvalue weighted by Crippen LogP contribution is 2.21. The zero-order valence-electron chi connectivity index (χ0n) is 7.07. The van der Waals surface area contributed by atoms with Crippen LogP contribution < -0.4 is 5.32 Å². The Labute approximate surface area is 85.6 Å². The van der Waals surface area contributed by atoms with Crippen LogP contribution in [-0.4, -0.2) is 9.97 Å². The summed E-state index contributed by atoms with van der Waals surface area (Å²) < 4.78 is 1.20. The third-order valence-corrected chi connectivity index (χ3v) is 2.56. The van der Waals surface area contributed by atoms with Crippen molar-refractivity contribution in [3.8, 4) is 0 Å². The highest BCUT2D eigenvalue weighted by molar-refractivity contribution is 7.80. The predicted octanol–water partition coefficient (Wildman–Crippen LogP) is 3.06. The van der Waals surface area contributed by atoms with Gasteiger partial charge in [-0.3, -0.25) is 0 Å². The van der Waals surface area contributed by atoms with Crippen LogP contribution in [0.2, 0.25) is 0 Å². The average molecular weight is 208 g/mol. The Morgan fingerprint density at radius 1 is 1.54 bits per heavy atom. The van der Waals surface area contributed by atoms with Gasteiger partial charge in [-0.15, -0.1) is 11.3 Å². The summed E-state index contributed by atoms with van der Waals surface area (Å²) in [6, 6.07) is 6.06. The molecule has 1 aromatic heterocycles. The number of anilines is 1. The van der Waals surface area contributed by atoms with Crippen molar-refractivity contribution in [2.45, 2.75) is 6.92 Å². The molecule has 0 bridgehead atoms. The third-order valence-electron chi connectivity index (χ3n) is 1.65. The molecule has 0 atom stereocenters. The number of benzene rings is 1. The van der Waals surface area contributed by atoms with E-state index in [1.165, 1.54) is 4.70 Å². The molecule has 0 saturated heterocycles. The summed E-state index contributed by atoms with van der Waals surface area (Å²) in [5.41, 5.74) is 3.87. The molecular formula is C9H8N2S2. The van der Waals surface area contributed by atoms with E-state index in [1.54, 1.807) is 11.3 Å². The third kappa shape index (κ3) is 1.84. The normalized spacial score (nSPS) is 10.2. The first kappa shape index (κ1) is 8.59. The Morgan fingerprint density at radius 3 is 3.15 bits per heavy atom. The molecule has 0 unspecified atom stereocenters. The second-order valence-electron chi connectivity index (χ2n) is 2.72. The Morgan fingerprint density at radius 2 is 2.38 bits per heavy atom. The lowest BCUT2D eigenvalue weighted by atomic mass is 10.3. The lowest BCUT2D eigenvalue weighted by molar-refractivity contribution is 1.50. The second-order valence-corrected chi connectivity index (χ2v) is 4.21. The van der Waals surface area contributed by atoms with Crippen molar-refractivity contribution in [2.75, 3.05) is 5.32 Å². The molecule has 0 saturated carbocycles. The average Bonchev–Trinajstić information content (AvgIpc) is 2.49. The minimum atomic E-state index is 0.773. The van der Waals surface area contributed by atoms with Gasteiger partial charge in [-0.25, -0.2) is 4.98 Å². The first-order valence-corrected chi connectivity index (χ1v) is 5.15. The van der Waals surface area contributed by atoms with Crippen LogP contribution >= 0.6 is 23.6 Å². The fourth-order valence-electron chi connectivity index (χ4n) is 1.14. The molecule has 0 radical (unpaired) electrons. The van der Waals surface area contributed by atoms with Gasteiger partial charge in [0.05, 0.1) is 20.7 Å². The summed E-state index contributed by atoms with van der Waals surface area (Å²) in [5.74, 6) is 0. The molecule has 0 amide bonds. The number of rotatable bonds is 1. The van der Waals surface area contributed by atoms with Gasteiger partial charge in [0.25, 0.3) is 0 Å².